The maximum Gasteiger partial charge on any atom is 0.251 e. The summed E-state index contributed by atoms with van der Waals surface area (Å²) in [6.45, 7) is 1.69. The lowest BCUT2D eigenvalue weighted by atomic mass is 10.1. The van der Waals surface area contributed by atoms with Gasteiger partial charge < -0.3 is 16.8 Å². The number of carbonyl (C=O) groups excluding carboxylic acids is 2. The summed E-state index contributed by atoms with van der Waals surface area (Å²) in [7, 11) is 0. The monoisotopic (exact) mass is 255 g/mol. The van der Waals surface area contributed by atoms with E-state index >= 15 is 0 Å². The summed E-state index contributed by atoms with van der Waals surface area (Å²) in [4.78, 5) is 22.4. The van der Waals surface area contributed by atoms with Crippen LogP contribution in [0.5, 0.6) is 0 Å². The highest BCUT2D eigenvalue weighted by molar-refractivity contribution is 6.31. The number of rotatable bonds is 4. The molecule has 0 fully saturated rings. The molecule has 17 heavy (non-hydrogen) atoms. The first-order chi connectivity index (χ1) is 7.88. The molecule has 0 radical (unpaired) electrons. The molecule has 0 aliphatic carbocycles. The van der Waals surface area contributed by atoms with Gasteiger partial charge in [-0.25, -0.2) is 0 Å². The number of benzene rings is 1. The van der Waals surface area contributed by atoms with Crippen LogP contribution in [0.4, 0.5) is 5.69 Å². The molecule has 0 saturated heterocycles. The van der Waals surface area contributed by atoms with E-state index in [0.29, 0.717) is 16.3 Å². The third-order valence-electron chi connectivity index (χ3n) is 2.07. The summed E-state index contributed by atoms with van der Waals surface area (Å²) in [6.07, 6.45) is 0.0851. The van der Waals surface area contributed by atoms with Gasteiger partial charge in [-0.3, -0.25) is 9.59 Å². The van der Waals surface area contributed by atoms with Crippen LogP contribution < -0.4 is 16.8 Å². The predicted molar refractivity (Wildman–Crippen MR) is 66.6 cm³/mol. The van der Waals surface area contributed by atoms with Crippen LogP contribution in [0.15, 0.2) is 18.2 Å². The van der Waals surface area contributed by atoms with Crippen LogP contribution in [0, 0.1) is 0 Å². The van der Waals surface area contributed by atoms with Gasteiger partial charge in [0.05, 0.1) is 0 Å². The summed E-state index contributed by atoms with van der Waals surface area (Å²) >= 11 is 5.78. The van der Waals surface area contributed by atoms with Gasteiger partial charge in [0.1, 0.15) is 0 Å². The second-order valence-corrected chi connectivity index (χ2v) is 4.25. The number of nitrogen functional groups attached to an aromatic ring is 1. The van der Waals surface area contributed by atoms with E-state index in [1.165, 1.54) is 12.1 Å². The number of hydrogen-bond donors (Lipinski definition) is 3. The van der Waals surface area contributed by atoms with Crippen molar-refractivity contribution >= 4 is 29.1 Å². The number of nitrogens with two attached hydrogens (primary N) is 2. The molecule has 1 atom stereocenters. The number of anilines is 1. The Balaban J connectivity index is 2.72. The van der Waals surface area contributed by atoms with Crippen molar-refractivity contribution in [1.82, 2.24) is 5.32 Å². The number of carbonyl (C=O) groups is 2. The molecule has 0 aliphatic heterocycles. The Labute approximate surface area is 104 Å². The first-order valence-corrected chi connectivity index (χ1v) is 5.41. The van der Waals surface area contributed by atoms with Gasteiger partial charge in [-0.05, 0) is 25.1 Å². The second-order valence-electron chi connectivity index (χ2n) is 3.82. The van der Waals surface area contributed by atoms with Crippen LogP contribution in [0.25, 0.3) is 0 Å². The maximum atomic E-state index is 11.8. The van der Waals surface area contributed by atoms with E-state index in [0.717, 1.165) is 0 Å². The van der Waals surface area contributed by atoms with Gasteiger partial charge in [-0.15, -0.1) is 0 Å². The smallest absolute Gasteiger partial charge is 0.251 e. The van der Waals surface area contributed by atoms with E-state index in [1.807, 2.05) is 0 Å². The summed E-state index contributed by atoms with van der Waals surface area (Å²) < 4.78 is 0. The molecule has 0 aromatic heterocycles. The summed E-state index contributed by atoms with van der Waals surface area (Å²) in [5, 5.41) is 3.01. The third kappa shape index (κ3) is 4.32. The van der Waals surface area contributed by atoms with Crippen molar-refractivity contribution in [2.75, 3.05) is 5.73 Å². The largest absolute Gasteiger partial charge is 0.399 e. The summed E-state index contributed by atoms with van der Waals surface area (Å²) in [6, 6.07) is 4.23. The average Bonchev–Trinajstić information content (AvgIpc) is 2.14. The Kier molecular flexibility index (Phi) is 4.34. The molecule has 1 aromatic carbocycles. The van der Waals surface area contributed by atoms with Crippen LogP contribution in [-0.2, 0) is 4.79 Å². The molecule has 0 saturated carbocycles. The molecule has 2 amide bonds. The number of primary amides is 1. The van der Waals surface area contributed by atoms with E-state index in [9.17, 15) is 9.59 Å². The van der Waals surface area contributed by atoms with Crippen LogP contribution in [0.3, 0.4) is 0 Å². The quantitative estimate of drug-likeness (QED) is 0.698. The van der Waals surface area contributed by atoms with Crippen molar-refractivity contribution in [3.63, 3.8) is 0 Å². The molecule has 6 heteroatoms. The lowest BCUT2D eigenvalue weighted by molar-refractivity contribution is -0.118. The number of hydrogen-bond acceptors (Lipinski definition) is 3. The van der Waals surface area contributed by atoms with Gasteiger partial charge >= 0.3 is 0 Å². The van der Waals surface area contributed by atoms with E-state index in [-0.39, 0.29) is 18.4 Å². The van der Waals surface area contributed by atoms with Crippen molar-refractivity contribution in [2.24, 2.45) is 5.73 Å². The van der Waals surface area contributed by atoms with Crippen LogP contribution in [-0.4, -0.2) is 17.9 Å². The lowest BCUT2D eigenvalue weighted by Crippen LogP contribution is -2.35. The van der Waals surface area contributed by atoms with Crippen LogP contribution >= 0.6 is 11.6 Å². The van der Waals surface area contributed by atoms with Gasteiger partial charge in [0.2, 0.25) is 5.91 Å². The van der Waals surface area contributed by atoms with Gasteiger partial charge in [-0.1, -0.05) is 11.6 Å². The van der Waals surface area contributed by atoms with Crippen LogP contribution in [0.2, 0.25) is 5.02 Å². The fourth-order valence-electron chi connectivity index (χ4n) is 1.40. The highest BCUT2D eigenvalue weighted by Gasteiger charge is 2.12. The Morgan fingerprint density at radius 3 is 2.59 bits per heavy atom. The first kappa shape index (κ1) is 13.3. The Morgan fingerprint density at radius 2 is 2.06 bits per heavy atom. The van der Waals surface area contributed by atoms with Crippen molar-refractivity contribution in [1.29, 1.82) is 0 Å². The topological polar surface area (TPSA) is 98.2 Å². The minimum Gasteiger partial charge on any atom is -0.399 e. The van der Waals surface area contributed by atoms with E-state index < -0.39 is 5.91 Å². The van der Waals surface area contributed by atoms with Crippen molar-refractivity contribution in [3.05, 3.63) is 28.8 Å². The van der Waals surface area contributed by atoms with Gasteiger partial charge in [0, 0.05) is 28.7 Å². The van der Waals surface area contributed by atoms with E-state index in [4.69, 9.17) is 23.1 Å². The minimum absolute atomic E-state index is 0.0851. The zero-order valence-corrected chi connectivity index (χ0v) is 10.1. The molecule has 1 unspecified atom stereocenters. The molecular weight excluding hydrogens is 242 g/mol. The van der Waals surface area contributed by atoms with Crippen molar-refractivity contribution in [3.8, 4) is 0 Å². The molecule has 1 aromatic rings. The second kappa shape index (κ2) is 5.54. The third-order valence-corrected chi connectivity index (χ3v) is 2.29. The summed E-state index contributed by atoms with van der Waals surface area (Å²) in [5.74, 6) is -0.809. The minimum atomic E-state index is -0.469. The molecule has 1 rings (SSSR count). The van der Waals surface area contributed by atoms with E-state index in [2.05, 4.69) is 5.32 Å². The molecule has 0 heterocycles. The number of nitrogens with one attached hydrogen (secondary N) is 1. The molecule has 0 spiro atoms. The predicted octanol–water partition coefficient (Wildman–Crippen LogP) is 0.916. The Morgan fingerprint density at radius 1 is 1.41 bits per heavy atom. The van der Waals surface area contributed by atoms with Gasteiger partial charge in [0.25, 0.3) is 5.91 Å². The van der Waals surface area contributed by atoms with E-state index in [1.54, 1.807) is 13.0 Å². The molecule has 92 valence electrons. The SMILES string of the molecule is CC(CC(N)=O)NC(=O)c1cc(N)cc(Cl)c1. The van der Waals surface area contributed by atoms with Gasteiger partial charge in [0.15, 0.2) is 0 Å². The maximum absolute atomic E-state index is 11.8. The Bertz CT molecular complexity index is 428. The molecule has 0 aliphatic rings. The normalized spacial score (nSPS) is 11.9. The first-order valence-electron chi connectivity index (χ1n) is 5.03. The highest BCUT2D eigenvalue weighted by atomic mass is 35.5. The van der Waals surface area contributed by atoms with Crippen molar-refractivity contribution < 1.29 is 9.59 Å². The number of halogens is 1. The van der Waals surface area contributed by atoms with Crippen molar-refractivity contribution in [2.45, 2.75) is 19.4 Å². The highest BCUT2D eigenvalue weighted by Crippen LogP contribution is 2.16. The Hall–Kier alpha value is -1.75. The number of amides is 2. The van der Waals surface area contributed by atoms with Gasteiger partial charge in [-0.2, -0.15) is 0 Å². The molecule has 0 bridgehead atoms. The molecule has 5 nitrogen and oxygen atoms in total. The van der Waals surface area contributed by atoms with Crippen LogP contribution in [0.1, 0.15) is 23.7 Å². The molecule has 5 N–H and O–H groups in total. The molecular formula is C11H14ClN3O2. The summed E-state index contributed by atoms with van der Waals surface area (Å²) in [5.41, 5.74) is 11.4. The lowest BCUT2D eigenvalue weighted by Gasteiger charge is -2.12. The average molecular weight is 256 g/mol. The fourth-order valence-corrected chi connectivity index (χ4v) is 1.65. The zero-order chi connectivity index (χ0) is 13.0. The zero-order valence-electron chi connectivity index (χ0n) is 9.37. The fraction of sp³-hybridized carbons (Fsp3) is 0.273. The standard InChI is InChI=1S/C11H14ClN3O2/c1-6(2-10(14)16)15-11(17)7-3-8(12)5-9(13)4-7/h3-6H,2,13H2,1H3,(H2,14,16)(H,15,17).